The van der Waals surface area contributed by atoms with Gasteiger partial charge in [0.15, 0.2) is 0 Å². The third-order valence-electron chi connectivity index (χ3n) is 2.92. The van der Waals surface area contributed by atoms with E-state index in [2.05, 4.69) is 11.9 Å². The lowest BCUT2D eigenvalue weighted by atomic mass is 10.1. The average molecular weight is 353 g/mol. The SMILES string of the molecule is C=CCOc1cc(F)cc(C[C@@H](NC(=O)OC(C)(C)C)C(=O)OC)c1. The van der Waals surface area contributed by atoms with Gasteiger partial charge in [-0.3, -0.25) is 0 Å². The fraction of sp³-hybridized carbons (Fsp3) is 0.444. The number of methoxy groups -OCH3 is 1. The highest BCUT2D eigenvalue weighted by atomic mass is 19.1. The van der Waals surface area contributed by atoms with Crippen LogP contribution in [0.5, 0.6) is 5.75 Å². The standard InChI is InChI=1S/C18H24FNO5/c1-6-7-24-14-9-12(8-13(19)11-14)10-15(16(21)23-5)20-17(22)25-18(2,3)4/h6,8-9,11,15H,1,7,10H2,2-5H3,(H,20,22)/t15-/m1/s1. The van der Waals surface area contributed by atoms with Crippen LogP contribution in [0.3, 0.4) is 0 Å². The Morgan fingerprint density at radius 1 is 1.32 bits per heavy atom. The molecule has 0 radical (unpaired) electrons. The average Bonchev–Trinajstić information content (AvgIpc) is 2.49. The maximum Gasteiger partial charge on any atom is 0.408 e. The number of hydrogen-bond donors (Lipinski definition) is 1. The zero-order valence-corrected chi connectivity index (χ0v) is 14.9. The second-order valence-corrected chi connectivity index (χ2v) is 6.32. The smallest absolute Gasteiger partial charge is 0.408 e. The molecule has 0 bridgehead atoms. The van der Waals surface area contributed by atoms with Crippen LogP contribution in [0.2, 0.25) is 0 Å². The van der Waals surface area contributed by atoms with Gasteiger partial charge in [0.2, 0.25) is 0 Å². The van der Waals surface area contributed by atoms with E-state index in [-0.39, 0.29) is 13.0 Å². The van der Waals surface area contributed by atoms with Gasteiger partial charge in [-0.2, -0.15) is 0 Å². The fourth-order valence-corrected chi connectivity index (χ4v) is 2.00. The Kier molecular flexibility index (Phi) is 7.42. The molecule has 0 unspecified atom stereocenters. The van der Waals surface area contributed by atoms with E-state index >= 15 is 0 Å². The molecule has 1 amide bonds. The quantitative estimate of drug-likeness (QED) is 0.602. The van der Waals surface area contributed by atoms with Crippen molar-refractivity contribution in [2.45, 2.75) is 38.8 Å². The number of hydrogen-bond acceptors (Lipinski definition) is 5. The van der Waals surface area contributed by atoms with E-state index in [1.807, 2.05) is 0 Å². The topological polar surface area (TPSA) is 73.9 Å². The lowest BCUT2D eigenvalue weighted by Crippen LogP contribution is -2.45. The molecule has 0 aliphatic carbocycles. The first-order chi connectivity index (χ1) is 11.6. The van der Waals surface area contributed by atoms with Gasteiger partial charge in [0.25, 0.3) is 0 Å². The highest BCUT2D eigenvalue weighted by Gasteiger charge is 2.25. The maximum atomic E-state index is 13.7. The van der Waals surface area contributed by atoms with Crippen molar-refractivity contribution in [2.75, 3.05) is 13.7 Å². The monoisotopic (exact) mass is 353 g/mol. The number of esters is 1. The van der Waals surface area contributed by atoms with E-state index in [0.717, 1.165) is 0 Å². The number of halogens is 1. The molecule has 0 spiro atoms. The zero-order valence-electron chi connectivity index (χ0n) is 14.9. The van der Waals surface area contributed by atoms with Crippen molar-refractivity contribution in [3.63, 3.8) is 0 Å². The van der Waals surface area contributed by atoms with Gasteiger partial charge in [-0.05, 0) is 38.5 Å². The molecule has 7 heteroatoms. The number of alkyl carbamates (subject to hydrolysis) is 1. The molecule has 1 aromatic rings. The summed E-state index contributed by atoms with van der Waals surface area (Å²) in [4.78, 5) is 23.8. The summed E-state index contributed by atoms with van der Waals surface area (Å²) in [5.74, 6) is -0.878. The molecule has 138 valence electrons. The third-order valence-corrected chi connectivity index (χ3v) is 2.92. The van der Waals surface area contributed by atoms with Gasteiger partial charge in [-0.25, -0.2) is 14.0 Å². The molecule has 0 saturated heterocycles. The number of amides is 1. The van der Waals surface area contributed by atoms with Gasteiger partial charge in [-0.15, -0.1) is 0 Å². The van der Waals surface area contributed by atoms with E-state index in [9.17, 15) is 14.0 Å². The van der Waals surface area contributed by atoms with Gasteiger partial charge in [0, 0.05) is 12.5 Å². The molecule has 0 heterocycles. The van der Waals surface area contributed by atoms with Crippen LogP contribution in [0.1, 0.15) is 26.3 Å². The summed E-state index contributed by atoms with van der Waals surface area (Å²) in [6.45, 7) is 8.86. The summed E-state index contributed by atoms with van der Waals surface area (Å²) in [6.07, 6.45) is 0.794. The van der Waals surface area contributed by atoms with Gasteiger partial charge >= 0.3 is 12.1 Å². The molecule has 0 aliphatic rings. The summed E-state index contributed by atoms with van der Waals surface area (Å²) in [5, 5.41) is 2.44. The lowest BCUT2D eigenvalue weighted by molar-refractivity contribution is -0.143. The van der Waals surface area contributed by atoms with E-state index in [0.29, 0.717) is 11.3 Å². The van der Waals surface area contributed by atoms with Crippen molar-refractivity contribution in [1.82, 2.24) is 5.32 Å². The van der Waals surface area contributed by atoms with Crippen molar-refractivity contribution >= 4 is 12.1 Å². The minimum absolute atomic E-state index is 0.0219. The highest BCUT2D eigenvalue weighted by Crippen LogP contribution is 2.18. The van der Waals surface area contributed by atoms with Crippen molar-refractivity contribution < 1.29 is 28.2 Å². The molecule has 1 rings (SSSR count). The normalized spacial score (nSPS) is 12.0. The van der Waals surface area contributed by atoms with E-state index in [1.54, 1.807) is 26.8 Å². The van der Waals surface area contributed by atoms with E-state index in [4.69, 9.17) is 14.2 Å². The first-order valence-electron chi connectivity index (χ1n) is 7.75. The van der Waals surface area contributed by atoms with Crippen molar-refractivity contribution in [3.8, 4) is 5.75 Å². The number of carbonyl (C=O) groups is 2. The molecule has 0 saturated carbocycles. The number of ether oxygens (including phenoxy) is 3. The Balaban J connectivity index is 2.91. The third kappa shape index (κ3) is 7.69. The molecule has 6 nitrogen and oxygen atoms in total. The Morgan fingerprint density at radius 2 is 2.00 bits per heavy atom. The van der Waals surface area contributed by atoms with Crippen molar-refractivity contribution in [2.24, 2.45) is 0 Å². The second-order valence-electron chi connectivity index (χ2n) is 6.32. The summed E-state index contributed by atoms with van der Waals surface area (Å²) < 4.78 is 28.9. The molecular formula is C18H24FNO5. The predicted octanol–water partition coefficient (Wildman–Crippen LogP) is 3.00. The van der Waals surface area contributed by atoms with Gasteiger partial charge in [-0.1, -0.05) is 12.7 Å². The lowest BCUT2D eigenvalue weighted by Gasteiger charge is -2.22. The fourth-order valence-electron chi connectivity index (χ4n) is 2.00. The summed E-state index contributed by atoms with van der Waals surface area (Å²) >= 11 is 0. The highest BCUT2D eigenvalue weighted by molar-refractivity contribution is 5.81. The predicted molar refractivity (Wildman–Crippen MR) is 91.0 cm³/mol. The Bertz CT molecular complexity index is 624. The first-order valence-corrected chi connectivity index (χ1v) is 7.75. The number of carbonyl (C=O) groups excluding carboxylic acids is 2. The number of benzene rings is 1. The van der Waals surface area contributed by atoms with Crippen LogP contribution in [0.25, 0.3) is 0 Å². The van der Waals surface area contributed by atoms with Crippen LogP contribution in [-0.2, 0) is 20.7 Å². The van der Waals surface area contributed by atoms with Crippen molar-refractivity contribution in [1.29, 1.82) is 0 Å². The minimum Gasteiger partial charge on any atom is -0.489 e. The molecule has 1 N–H and O–H groups in total. The molecular weight excluding hydrogens is 329 g/mol. The second kappa shape index (κ2) is 9.05. The Hall–Kier alpha value is -2.57. The van der Waals surface area contributed by atoms with Gasteiger partial charge in [0.1, 0.15) is 29.8 Å². The largest absolute Gasteiger partial charge is 0.489 e. The summed E-state index contributed by atoms with van der Waals surface area (Å²) in [6, 6.07) is 3.04. The van der Waals surface area contributed by atoms with Crippen LogP contribution in [0, 0.1) is 5.82 Å². The number of rotatable bonds is 7. The molecule has 25 heavy (non-hydrogen) atoms. The summed E-state index contributed by atoms with van der Waals surface area (Å²) in [5.41, 5.74) is -0.250. The van der Waals surface area contributed by atoms with Crippen LogP contribution >= 0.6 is 0 Å². The van der Waals surface area contributed by atoms with Crippen LogP contribution < -0.4 is 10.1 Å². The molecule has 1 atom stereocenters. The van der Waals surface area contributed by atoms with E-state index < -0.39 is 29.5 Å². The van der Waals surface area contributed by atoms with Gasteiger partial charge in [0.05, 0.1) is 7.11 Å². The van der Waals surface area contributed by atoms with Crippen molar-refractivity contribution in [3.05, 3.63) is 42.2 Å². The molecule has 0 fully saturated rings. The Morgan fingerprint density at radius 3 is 2.56 bits per heavy atom. The van der Waals surface area contributed by atoms with E-state index in [1.165, 1.54) is 25.3 Å². The van der Waals surface area contributed by atoms with Gasteiger partial charge < -0.3 is 19.5 Å². The minimum atomic E-state index is -1.02. The van der Waals surface area contributed by atoms with Crippen LogP contribution in [-0.4, -0.2) is 37.4 Å². The Labute approximate surface area is 147 Å². The maximum absolute atomic E-state index is 13.7. The number of nitrogens with one attached hydrogen (secondary N) is 1. The molecule has 1 aromatic carbocycles. The molecule has 0 aliphatic heterocycles. The molecule has 0 aromatic heterocycles. The first kappa shape index (κ1) is 20.5. The summed E-state index contributed by atoms with van der Waals surface area (Å²) in [7, 11) is 1.20. The van der Waals surface area contributed by atoms with Crippen LogP contribution in [0.4, 0.5) is 9.18 Å². The zero-order chi connectivity index (χ0) is 19.0. The van der Waals surface area contributed by atoms with Crippen LogP contribution in [0.15, 0.2) is 30.9 Å².